The number of hydrogen-bond donors (Lipinski definition) is 7. The Morgan fingerprint density at radius 2 is 1.11 bits per heavy atom. The molecule has 0 radical (unpaired) electrons. The zero-order chi connectivity index (χ0) is 56.1. The summed E-state index contributed by atoms with van der Waals surface area (Å²) in [7, 11) is 0. The van der Waals surface area contributed by atoms with Gasteiger partial charge in [-0.1, -0.05) is 36.4 Å². The molecule has 410 valence electrons. The zero-order valence-corrected chi connectivity index (χ0v) is 45.3. The summed E-state index contributed by atoms with van der Waals surface area (Å²) in [6.07, 6.45) is 16.3. The van der Waals surface area contributed by atoms with E-state index >= 15 is 0 Å². The van der Waals surface area contributed by atoms with Crippen LogP contribution in [0.4, 0.5) is 57.4 Å². The molecule has 13 rings (SSSR count). The largest absolute Gasteiger partial charge is 0.755 e. The minimum absolute atomic E-state index is 0.0906. The Morgan fingerprint density at radius 3 is 1.70 bits per heavy atom. The van der Waals surface area contributed by atoms with E-state index in [1.54, 1.807) is 80.2 Å². The van der Waals surface area contributed by atoms with Gasteiger partial charge in [0.05, 0.1) is 24.0 Å². The summed E-state index contributed by atoms with van der Waals surface area (Å²) in [5.41, 5.74) is 11.7. The maximum absolute atomic E-state index is 11.1. The number of aryl methyl sites for hydroxylation is 2. The van der Waals surface area contributed by atoms with Crippen LogP contribution in [0.5, 0.6) is 0 Å². The highest BCUT2D eigenvalue weighted by molar-refractivity contribution is 7.80. The average Bonchev–Trinajstić information content (AvgIpc) is 4.18. The molecular formula is C57H48N18O5S2-2. The number of nitrogens with one attached hydrogen (secondary N) is 7. The van der Waals surface area contributed by atoms with E-state index in [2.05, 4.69) is 75.6 Å². The molecule has 82 heavy (non-hydrogen) atoms. The van der Waals surface area contributed by atoms with Gasteiger partial charge in [0.2, 0.25) is 0 Å². The van der Waals surface area contributed by atoms with Crippen molar-refractivity contribution in [3.63, 3.8) is 0 Å². The molecule has 3 unspecified atom stereocenters. The van der Waals surface area contributed by atoms with Crippen molar-refractivity contribution in [2.24, 2.45) is 0 Å². The minimum Gasteiger partial charge on any atom is -0.755 e. The SMILES string of the molecule is Cc1ccc2c(Nc3cccc(NS(=O)[O-])c3)nccc2c1Nc1ncccc1-c1ncnc2c1ncn2C1CCCCO1.Cc1ccc2c(Nc3cccc(NS(=O)[O-])c3)nccc2c1Nc1ncccc1-c1ncnc2nc[nH]c12. The van der Waals surface area contributed by atoms with Gasteiger partial charge in [0, 0.05) is 109 Å². The summed E-state index contributed by atoms with van der Waals surface area (Å²) >= 11 is -4.83. The number of hydrogen-bond acceptors (Lipinski definition) is 19. The van der Waals surface area contributed by atoms with Crippen molar-refractivity contribution < 1.29 is 22.3 Å². The Morgan fingerprint density at radius 1 is 0.549 bits per heavy atom. The number of aromatic nitrogens is 12. The summed E-state index contributed by atoms with van der Waals surface area (Å²) in [6, 6.07) is 33.5. The molecule has 1 aliphatic heterocycles. The van der Waals surface area contributed by atoms with Crippen LogP contribution in [-0.4, -0.2) is 83.5 Å². The fraction of sp³-hybridized carbons (Fsp3) is 0.123. The van der Waals surface area contributed by atoms with E-state index in [1.165, 1.54) is 6.33 Å². The monoisotopic (exact) mass is 1130 g/mol. The molecule has 7 N–H and O–H groups in total. The Labute approximate surface area is 472 Å². The first kappa shape index (κ1) is 52.8. The summed E-state index contributed by atoms with van der Waals surface area (Å²) in [5, 5.41) is 17.3. The molecule has 0 bridgehead atoms. The molecule has 4 aromatic carbocycles. The van der Waals surface area contributed by atoms with E-state index in [9.17, 15) is 17.5 Å². The van der Waals surface area contributed by atoms with Crippen LogP contribution in [0, 0.1) is 13.8 Å². The van der Waals surface area contributed by atoms with Gasteiger partial charge in [0.1, 0.15) is 64.6 Å². The highest BCUT2D eigenvalue weighted by atomic mass is 32.2. The number of imidazole rings is 2. The van der Waals surface area contributed by atoms with Crippen molar-refractivity contribution in [3.8, 4) is 22.5 Å². The Hall–Kier alpha value is -9.92. The first-order chi connectivity index (χ1) is 40.1. The van der Waals surface area contributed by atoms with Crippen LogP contribution < -0.4 is 30.7 Å². The molecule has 0 saturated carbocycles. The normalized spacial score (nSPS) is 14.0. The quantitative estimate of drug-likeness (QED) is 0.0469. The van der Waals surface area contributed by atoms with Crippen LogP contribution in [0.3, 0.4) is 0 Å². The Bertz CT molecular complexity index is 4390. The van der Waals surface area contributed by atoms with Crippen molar-refractivity contribution in [3.05, 3.63) is 170 Å². The molecule has 0 amide bonds. The van der Waals surface area contributed by atoms with Gasteiger partial charge < -0.3 is 49.5 Å². The molecule has 0 aliphatic carbocycles. The van der Waals surface area contributed by atoms with Gasteiger partial charge in [-0.2, -0.15) is 0 Å². The van der Waals surface area contributed by atoms with Gasteiger partial charge >= 0.3 is 0 Å². The molecule has 1 fully saturated rings. The lowest BCUT2D eigenvalue weighted by Crippen LogP contribution is -2.17. The van der Waals surface area contributed by atoms with E-state index in [-0.39, 0.29) is 6.23 Å². The van der Waals surface area contributed by atoms with Gasteiger partial charge in [0.15, 0.2) is 11.3 Å². The fourth-order valence-corrected chi connectivity index (χ4v) is 10.5. The van der Waals surface area contributed by atoms with E-state index in [0.29, 0.717) is 68.6 Å². The molecular weight excluding hydrogens is 1080 g/mol. The predicted molar refractivity (Wildman–Crippen MR) is 316 cm³/mol. The maximum atomic E-state index is 11.1. The second-order valence-corrected chi connectivity index (χ2v) is 20.2. The van der Waals surface area contributed by atoms with Crippen molar-refractivity contribution >= 4 is 124 Å². The third kappa shape index (κ3) is 11.2. The minimum atomic E-state index is -2.42. The Balaban J connectivity index is 0.000000164. The zero-order valence-electron chi connectivity index (χ0n) is 43.7. The number of nitrogens with zero attached hydrogens (tertiary/aromatic N) is 11. The summed E-state index contributed by atoms with van der Waals surface area (Å²) in [4.78, 5) is 48.4. The molecule has 0 spiro atoms. The van der Waals surface area contributed by atoms with Crippen LogP contribution in [0.15, 0.2) is 159 Å². The summed E-state index contributed by atoms with van der Waals surface area (Å²) in [5.74, 6) is 2.51. The molecule has 12 aromatic rings. The average molecular weight is 1130 g/mol. The van der Waals surface area contributed by atoms with Crippen LogP contribution in [0.1, 0.15) is 36.6 Å². The standard InChI is InChI=1S/C31H29N9O3S.C26H21N9O2S/c1-19-10-11-23-22(12-14-33-29(23)37-20-6-4-7-21(16-20)39-44(41)42)26(19)38-30-24(8-5-13-32-30)27-28-31(35-17-34-27)40(18-36-28)25-9-2-3-15-43-25;1-15-7-8-19-18(9-11-28-24(19)33-16-4-2-5-17(12-16)35-38(36)37)21(15)34-25-20(6-3-10-27-25)22-23-26(31-13-29-22)32-14-30-23/h4-8,10-14,16-18,25,39H,2-3,9,15H2,1H3,(H,32,38)(H,33,37)(H,41,42);2-14,35H,1H3,(H,27,34)(H,28,33)(H,36,37)(H,29,30,31,32)/p-2. The maximum Gasteiger partial charge on any atom is 0.181 e. The Kier molecular flexibility index (Phi) is 15.1. The lowest BCUT2D eigenvalue weighted by atomic mass is 10.0. The van der Waals surface area contributed by atoms with E-state index in [0.717, 1.165) is 92.2 Å². The lowest BCUT2D eigenvalue weighted by Gasteiger charge is -2.23. The molecule has 9 heterocycles. The van der Waals surface area contributed by atoms with Crippen molar-refractivity contribution in [1.82, 2.24) is 59.4 Å². The number of H-pyrrole nitrogens is 1. The highest BCUT2D eigenvalue weighted by Gasteiger charge is 2.23. The molecule has 1 aliphatic rings. The molecule has 23 nitrogen and oxygen atoms in total. The number of pyridine rings is 4. The number of ether oxygens (including phenoxy) is 1. The number of aromatic amines is 1. The highest BCUT2D eigenvalue weighted by Crippen LogP contribution is 2.40. The van der Waals surface area contributed by atoms with E-state index in [4.69, 9.17) is 14.7 Å². The van der Waals surface area contributed by atoms with Crippen LogP contribution in [0.25, 0.3) is 66.4 Å². The molecule has 1 saturated heterocycles. The fourth-order valence-electron chi connectivity index (χ4n) is 9.85. The number of benzene rings is 4. The first-order valence-electron chi connectivity index (χ1n) is 25.7. The third-order valence-corrected chi connectivity index (χ3v) is 14.4. The third-order valence-electron chi connectivity index (χ3n) is 13.6. The summed E-state index contributed by atoms with van der Waals surface area (Å²) < 4.78 is 57.0. The van der Waals surface area contributed by atoms with E-state index < -0.39 is 22.5 Å². The number of rotatable bonds is 15. The van der Waals surface area contributed by atoms with Gasteiger partial charge in [-0.25, -0.2) is 49.8 Å². The number of anilines is 10. The topological polar surface area (TPSA) is 311 Å². The molecule has 25 heteroatoms. The van der Waals surface area contributed by atoms with Crippen LogP contribution in [0.2, 0.25) is 0 Å². The van der Waals surface area contributed by atoms with Crippen molar-refractivity contribution in [1.29, 1.82) is 0 Å². The van der Waals surface area contributed by atoms with Crippen LogP contribution in [-0.2, 0) is 27.3 Å². The van der Waals surface area contributed by atoms with Crippen molar-refractivity contribution in [2.75, 3.05) is 37.3 Å². The second kappa shape index (κ2) is 23.4. The number of fused-ring (bicyclic) bond motifs is 4. The van der Waals surface area contributed by atoms with E-state index in [1.807, 2.05) is 91.2 Å². The van der Waals surface area contributed by atoms with Crippen LogP contribution >= 0.6 is 0 Å². The van der Waals surface area contributed by atoms with Gasteiger partial charge in [-0.05, 0) is 117 Å². The smallest absolute Gasteiger partial charge is 0.181 e. The molecule has 8 aromatic heterocycles. The predicted octanol–water partition coefficient (Wildman–Crippen LogP) is 11.1. The van der Waals surface area contributed by atoms with Gasteiger partial charge in [0.25, 0.3) is 0 Å². The first-order valence-corrected chi connectivity index (χ1v) is 27.9. The van der Waals surface area contributed by atoms with Gasteiger partial charge in [-0.15, -0.1) is 0 Å². The lowest BCUT2D eigenvalue weighted by molar-refractivity contribution is -0.0298. The second-order valence-electron chi connectivity index (χ2n) is 18.8. The van der Waals surface area contributed by atoms with Crippen molar-refractivity contribution in [2.45, 2.75) is 39.3 Å². The molecule has 3 atom stereocenters. The van der Waals surface area contributed by atoms with Gasteiger partial charge in [-0.3, -0.25) is 13.0 Å². The summed E-state index contributed by atoms with van der Waals surface area (Å²) in [6.45, 7) is 4.78.